The summed E-state index contributed by atoms with van der Waals surface area (Å²) in [5.41, 5.74) is -0.0741. The Morgan fingerprint density at radius 2 is 1.84 bits per heavy atom. The van der Waals surface area contributed by atoms with Crippen LogP contribution in [0.5, 0.6) is 0 Å². The summed E-state index contributed by atoms with van der Waals surface area (Å²) in [5, 5.41) is 2.26. The molecular weight excluding hydrogens is 339 g/mol. The number of aryl methyl sites for hydroxylation is 2. The molecule has 0 aliphatic heterocycles. The van der Waals surface area contributed by atoms with Crippen molar-refractivity contribution in [2.24, 2.45) is 0 Å². The van der Waals surface area contributed by atoms with Crippen molar-refractivity contribution in [2.45, 2.75) is 26.9 Å². The molecule has 0 spiro atoms. The molecule has 0 aliphatic carbocycles. The first-order valence-electron chi connectivity index (χ1n) is 7.30. The molecule has 0 bridgehead atoms. The number of alkyl halides is 3. The smallest absolute Gasteiger partial charge is 0.416 e. The fourth-order valence-electron chi connectivity index (χ4n) is 2.27. The lowest BCUT2D eigenvalue weighted by atomic mass is 10.1. The number of furan rings is 1. The van der Waals surface area contributed by atoms with E-state index in [1.165, 1.54) is 12.1 Å². The van der Waals surface area contributed by atoms with Crippen LogP contribution >= 0.6 is 0 Å². The van der Waals surface area contributed by atoms with Crippen molar-refractivity contribution in [3.63, 3.8) is 0 Å². The number of hydrogen-bond donors (Lipinski definition) is 1. The van der Waals surface area contributed by atoms with E-state index in [4.69, 9.17) is 9.15 Å². The number of esters is 1. The Morgan fingerprint density at radius 1 is 1.16 bits per heavy atom. The van der Waals surface area contributed by atoms with Crippen LogP contribution in [0.1, 0.15) is 33.0 Å². The summed E-state index contributed by atoms with van der Waals surface area (Å²) in [6, 6.07) is 4.17. The van der Waals surface area contributed by atoms with Crippen molar-refractivity contribution < 1.29 is 31.9 Å². The van der Waals surface area contributed by atoms with Crippen molar-refractivity contribution in [3.8, 4) is 0 Å². The van der Waals surface area contributed by atoms with Gasteiger partial charge in [-0.1, -0.05) is 6.07 Å². The van der Waals surface area contributed by atoms with Gasteiger partial charge in [-0.05, 0) is 39.0 Å². The average molecular weight is 355 g/mol. The van der Waals surface area contributed by atoms with Gasteiger partial charge in [0.1, 0.15) is 17.1 Å². The second kappa shape index (κ2) is 7.00. The molecule has 0 aliphatic rings. The summed E-state index contributed by atoms with van der Waals surface area (Å²) in [5.74, 6) is -0.537. The molecule has 1 amide bonds. The van der Waals surface area contributed by atoms with Gasteiger partial charge in [-0.25, -0.2) is 4.79 Å². The number of carbonyl (C=O) groups is 2. The van der Waals surface area contributed by atoms with Crippen molar-refractivity contribution in [1.29, 1.82) is 0 Å². The largest absolute Gasteiger partial charge is 0.465 e. The minimum absolute atomic E-state index is 0.0395. The third-order valence-corrected chi connectivity index (χ3v) is 3.57. The molecule has 0 radical (unpaired) electrons. The maximum absolute atomic E-state index is 12.6. The topological polar surface area (TPSA) is 68.5 Å². The predicted molar refractivity (Wildman–Crippen MR) is 83.3 cm³/mol. The van der Waals surface area contributed by atoms with Gasteiger partial charge < -0.3 is 14.5 Å². The molecule has 0 saturated heterocycles. The van der Waals surface area contributed by atoms with Crippen LogP contribution in [0, 0.1) is 20.8 Å². The second-order valence-electron chi connectivity index (χ2n) is 5.42. The monoisotopic (exact) mass is 355 g/mol. The van der Waals surface area contributed by atoms with E-state index in [1.807, 2.05) is 0 Å². The molecule has 25 heavy (non-hydrogen) atoms. The van der Waals surface area contributed by atoms with Crippen LogP contribution in [-0.4, -0.2) is 18.5 Å². The third-order valence-electron chi connectivity index (χ3n) is 3.57. The van der Waals surface area contributed by atoms with Crippen LogP contribution < -0.4 is 5.32 Å². The summed E-state index contributed by atoms with van der Waals surface area (Å²) < 4.78 is 48.1. The number of benzene rings is 1. The molecule has 134 valence electrons. The van der Waals surface area contributed by atoms with Crippen LogP contribution in [0.2, 0.25) is 0 Å². The van der Waals surface area contributed by atoms with E-state index >= 15 is 0 Å². The zero-order valence-corrected chi connectivity index (χ0v) is 13.8. The molecule has 0 unspecified atom stereocenters. The van der Waals surface area contributed by atoms with Gasteiger partial charge in [-0.15, -0.1) is 0 Å². The highest BCUT2D eigenvalue weighted by Gasteiger charge is 2.30. The van der Waals surface area contributed by atoms with Crippen molar-refractivity contribution >= 4 is 17.6 Å². The Hall–Kier alpha value is -2.77. The normalized spacial score (nSPS) is 11.3. The summed E-state index contributed by atoms with van der Waals surface area (Å²) in [4.78, 5) is 23.8. The molecule has 5 nitrogen and oxygen atoms in total. The molecule has 2 rings (SSSR count). The number of nitrogens with one attached hydrogen (secondary N) is 1. The molecule has 2 aromatic rings. The highest BCUT2D eigenvalue weighted by atomic mass is 19.4. The van der Waals surface area contributed by atoms with Crippen LogP contribution in [0.15, 0.2) is 28.7 Å². The van der Waals surface area contributed by atoms with E-state index in [0.717, 1.165) is 12.1 Å². The molecule has 1 heterocycles. The zero-order chi connectivity index (χ0) is 18.8. The molecular formula is C17H16F3NO4. The van der Waals surface area contributed by atoms with E-state index in [1.54, 1.807) is 20.8 Å². The third kappa shape index (κ3) is 4.40. The predicted octanol–water partition coefficient (Wildman–Crippen LogP) is 4.02. The minimum atomic E-state index is -4.51. The SMILES string of the molecule is Cc1oc(C)c(C(=O)OCC(=O)Nc2cccc(C(F)(F)F)c2)c1C. The van der Waals surface area contributed by atoms with Gasteiger partial charge in [0.2, 0.25) is 0 Å². The first-order valence-corrected chi connectivity index (χ1v) is 7.30. The Bertz CT molecular complexity index is 809. The van der Waals surface area contributed by atoms with Crippen LogP contribution in [-0.2, 0) is 15.7 Å². The number of carbonyl (C=O) groups excluding carboxylic acids is 2. The summed E-state index contributed by atoms with van der Waals surface area (Å²) in [7, 11) is 0. The van der Waals surface area contributed by atoms with Gasteiger partial charge in [0, 0.05) is 11.3 Å². The van der Waals surface area contributed by atoms with Crippen LogP contribution in [0.4, 0.5) is 18.9 Å². The number of rotatable bonds is 4. The fourth-order valence-corrected chi connectivity index (χ4v) is 2.27. The summed E-state index contributed by atoms with van der Waals surface area (Å²) in [6.07, 6.45) is -4.51. The van der Waals surface area contributed by atoms with Crippen molar-refractivity contribution in [2.75, 3.05) is 11.9 Å². The van der Waals surface area contributed by atoms with Gasteiger partial charge in [0.05, 0.1) is 5.56 Å². The van der Waals surface area contributed by atoms with E-state index < -0.39 is 30.2 Å². The molecule has 8 heteroatoms. The Kier molecular flexibility index (Phi) is 5.20. The lowest BCUT2D eigenvalue weighted by Crippen LogP contribution is -2.21. The molecule has 1 N–H and O–H groups in total. The van der Waals surface area contributed by atoms with Crippen LogP contribution in [0.3, 0.4) is 0 Å². The lowest BCUT2D eigenvalue weighted by molar-refractivity contribution is -0.137. The number of anilines is 1. The van der Waals surface area contributed by atoms with Crippen LogP contribution in [0.25, 0.3) is 0 Å². The first kappa shape index (κ1) is 18.6. The van der Waals surface area contributed by atoms with Gasteiger partial charge in [-0.3, -0.25) is 4.79 Å². The minimum Gasteiger partial charge on any atom is -0.465 e. The lowest BCUT2D eigenvalue weighted by Gasteiger charge is -2.10. The van der Waals surface area contributed by atoms with E-state index in [9.17, 15) is 22.8 Å². The maximum atomic E-state index is 12.6. The van der Waals surface area contributed by atoms with E-state index in [2.05, 4.69) is 5.32 Å². The molecule has 0 fully saturated rings. The number of ether oxygens (including phenoxy) is 1. The van der Waals surface area contributed by atoms with Gasteiger partial charge >= 0.3 is 12.1 Å². The average Bonchev–Trinajstić information content (AvgIpc) is 2.77. The first-order chi connectivity index (χ1) is 11.6. The Balaban J connectivity index is 1.98. The number of halogens is 3. The Morgan fingerprint density at radius 3 is 2.40 bits per heavy atom. The van der Waals surface area contributed by atoms with E-state index in [0.29, 0.717) is 17.1 Å². The zero-order valence-electron chi connectivity index (χ0n) is 13.8. The highest BCUT2D eigenvalue weighted by molar-refractivity contribution is 5.96. The Labute approximate surface area is 141 Å². The highest BCUT2D eigenvalue weighted by Crippen LogP contribution is 2.30. The molecule has 1 aromatic heterocycles. The molecule has 0 atom stereocenters. The fraction of sp³-hybridized carbons (Fsp3) is 0.294. The van der Waals surface area contributed by atoms with Crippen molar-refractivity contribution in [1.82, 2.24) is 0 Å². The standard InChI is InChI=1S/C17H16F3NO4/c1-9-10(2)25-11(3)15(9)16(23)24-8-14(22)21-13-6-4-5-12(7-13)17(18,19)20/h4-7H,8H2,1-3H3,(H,21,22). The van der Waals surface area contributed by atoms with E-state index in [-0.39, 0.29) is 11.3 Å². The second-order valence-corrected chi connectivity index (χ2v) is 5.42. The number of amides is 1. The molecule has 0 saturated carbocycles. The number of hydrogen-bond acceptors (Lipinski definition) is 4. The van der Waals surface area contributed by atoms with Gasteiger partial charge in [0.15, 0.2) is 6.61 Å². The van der Waals surface area contributed by atoms with Crippen molar-refractivity contribution in [3.05, 3.63) is 52.5 Å². The van der Waals surface area contributed by atoms with Gasteiger partial charge in [-0.2, -0.15) is 13.2 Å². The van der Waals surface area contributed by atoms with Gasteiger partial charge in [0.25, 0.3) is 5.91 Å². The summed E-state index contributed by atoms with van der Waals surface area (Å²) in [6.45, 7) is 4.35. The summed E-state index contributed by atoms with van der Waals surface area (Å²) >= 11 is 0. The quantitative estimate of drug-likeness (QED) is 0.841. The maximum Gasteiger partial charge on any atom is 0.416 e. The molecule has 1 aromatic carbocycles.